The van der Waals surface area contributed by atoms with Crippen LogP contribution in [0.15, 0.2) is 12.1 Å². The summed E-state index contributed by atoms with van der Waals surface area (Å²) in [6.07, 6.45) is 0.330. The molecule has 1 N–H and O–H groups in total. The van der Waals surface area contributed by atoms with E-state index >= 15 is 0 Å². The number of carbonyl (C=O) groups excluding carboxylic acids is 3. The van der Waals surface area contributed by atoms with Crippen LogP contribution in [0, 0.1) is 23.4 Å². The predicted octanol–water partition coefficient (Wildman–Crippen LogP) is 1.59. The lowest BCUT2D eigenvalue weighted by molar-refractivity contribution is -0.143. The highest BCUT2D eigenvalue weighted by Crippen LogP contribution is 2.21. The smallest absolute Gasteiger partial charge is 0.289 e. The fourth-order valence-corrected chi connectivity index (χ4v) is 2.25. The molecule has 0 spiro atoms. The molecule has 1 atom stereocenters. The van der Waals surface area contributed by atoms with Gasteiger partial charge in [0.2, 0.25) is 11.7 Å². The molecule has 0 bridgehead atoms. The summed E-state index contributed by atoms with van der Waals surface area (Å²) in [5.74, 6) is -6.87. The molecule has 0 unspecified atom stereocenters. The molecule has 23 heavy (non-hydrogen) atoms. The summed E-state index contributed by atoms with van der Waals surface area (Å²) >= 11 is 0. The van der Waals surface area contributed by atoms with Gasteiger partial charge in [0.1, 0.15) is 0 Å². The van der Waals surface area contributed by atoms with Gasteiger partial charge in [0, 0.05) is 37.8 Å². The first-order chi connectivity index (χ1) is 10.3. The Morgan fingerprint density at radius 3 is 2.26 bits per heavy atom. The summed E-state index contributed by atoms with van der Waals surface area (Å²) in [4.78, 5) is 35.7. The van der Waals surface area contributed by atoms with Crippen LogP contribution in [-0.2, 0) is 14.4 Å². The number of ketones is 1. The third-order valence-corrected chi connectivity index (χ3v) is 3.40. The number of hydrogen-bond acceptors (Lipinski definition) is 3. The van der Waals surface area contributed by atoms with E-state index in [9.17, 15) is 27.6 Å². The Labute approximate surface area is 137 Å². The van der Waals surface area contributed by atoms with Crippen LogP contribution in [0.3, 0.4) is 0 Å². The van der Waals surface area contributed by atoms with Crippen LogP contribution in [-0.4, -0.2) is 35.6 Å². The largest absolute Gasteiger partial charge is 0.335 e. The molecular weight excluding hydrogens is 333 g/mol. The van der Waals surface area contributed by atoms with Gasteiger partial charge in [-0.1, -0.05) is 0 Å². The number of anilines is 1. The van der Waals surface area contributed by atoms with Crippen LogP contribution >= 0.6 is 13.5 Å². The van der Waals surface area contributed by atoms with Crippen LogP contribution in [0.1, 0.15) is 13.3 Å². The Hall–Kier alpha value is -2.03. The van der Waals surface area contributed by atoms with Crippen molar-refractivity contribution in [2.45, 2.75) is 13.3 Å². The number of amides is 2. The molecule has 1 aliphatic heterocycles. The number of nitrogens with zero attached hydrogens (tertiary/aromatic N) is 1. The second-order valence-corrected chi connectivity index (χ2v) is 5.04. The van der Waals surface area contributed by atoms with Crippen molar-refractivity contribution < 1.29 is 27.6 Å². The number of nitrogens with one attached hydrogen (secondary N) is 1. The van der Waals surface area contributed by atoms with Crippen molar-refractivity contribution in [1.82, 2.24) is 4.90 Å². The van der Waals surface area contributed by atoms with Gasteiger partial charge in [0.15, 0.2) is 17.5 Å². The molecule has 1 aromatic rings. The zero-order valence-corrected chi connectivity index (χ0v) is 13.2. The quantitative estimate of drug-likeness (QED) is 0.666. The van der Waals surface area contributed by atoms with Gasteiger partial charge < -0.3 is 10.2 Å². The lowest BCUT2D eigenvalue weighted by Crippen LogP contribution is -2.35. The minimum atomic E-state index is -1.61. The summed E-state index contributed by atoms with van der Waals surface area (Å²) in [5.41, 5.74) is -0.210. The van der Waals surface area contributed by atoms with E-state index in [0.717, 1.165) is 6.92 Å². The lowest BCUT2D eigenvalue weighted by atomic mass is 10.1. The van der Waals surface area contributed by atoms with Crippen molar-refractivity contribution in [3.63, 3.8) is 0 Å². The Bertz CT molecular complexity index is 631. The maximum atomic E-state index is 13.1. The molecule has 1 saturated heterocycles. The van der Waals surface area contributed by atoms with E-state index in [1.807, 2.05) is 0 Å². The highest BCUT2D eigenvalue weighted by atomic mass is 32.1. The fraction of sp³-hybridized carbons (Fsp3) is 0.357. The van der Waals surface area contributed by atoms with Crippen molar-refractivity contribution >= 4 is 36.8 Å². The van der Waals surface area contributed by atoms with Crippen LogP contribution in [0.25, 0.3) is 0 Å². The Kier molecular flexibility index (Phi) is 6.20. The third-order valence-electron chi connectivity index (χ3n) is 3.40. The van der Waals surface area contributed by atoms with Crippen LogP contribution in [0.5, 0.6) is 0 Å². The molecule has 0 aromatic heterocycles. The Morgan fingerprint density at radius 2 is 1.74 bits per heavy atom. The minimum absolute atomic E-state index is 0. The van der Waals surface area contributed by atoms with E-state index in [-0.39, 0.29) is 32.3 Å². The first-order valence-corrected chi connectivity index (χ1v) is 6.55. The van der Waals surface area contributed by atoms with Crippen molar-refractivity contribution in [1.29, 1.82) is 0 Å². The maximum Gasteiger partial charge on any atom is 0.289 e. The zero-order valence-electron chi connectivity index (χ0n) is 12.2. The maximum absolute atomic E-state index is 13.1. The van der Waals surface area contributed by atoms with Crippen LogP contribution in [0.4, 0.5) is 18.9 Å². The number of halogens is 3. The van der Waals surface area contributed by atoms with E-state index in [4.69, 9.17) is 0 Å². The minimum Gasteiger partial charge on any atom is -0.335 e. The molecule has 0 aliphatic carbocycles. The first kappa shape index (κ1) is 19.0. The van der Waals surface area contributed by atoms with E-state index in [0.29, 0.717) is 18.6 Å². The average molecular weight is 348 g/mol. The van der Waals surface area contributed by atoms with Gasteiger partial charge in [-0.3, -0.25) is 14.4 Å². The average Bonchev–Trinajstić information content (AvgIpc) is 2.93. The summed E-state index contributed by atoms with van der Waals surface area (Å²) in [6.45, 7) is 1.44. The van der Waals surface area contributed by atoms with E-state index in [2.05, 4.69) is 5.32 Å². The molecule has 2 amide bonds. The standard InChI is InChI=1S/C14H13F3N2O3.H2S/c1-7(20)14(22)19-3-2-8(6-19)13(21)18-9-4-10(15)12(17)11(16)5-9;/h4-5,8H,2-3,6H2,1H3,(H,18,21);1H2/t8-;/m0./s1. The molecule has 2 rings (SSSR count). The third kappa shape index (κ3) is 4.25. The van der Waals surface area contributed by atoms with Gasteiger partial charge in [-0.05, 0) is 6.42 Å². The molecule has 1 heterocycles. The van der Waals surface area contributed by atoms with Gasteiger partial charge in [-0.2, -0.15) is 13.5 Å². The number of hydrogen-bond donors (Lipinski definition) is 1. The van der Waals surface area contributed by atoms with Crippen molar-refractivity contribution in [3.8, 4) is 0 Å². The number of rotatable bonds is 3. The fourth-order valence-electron chi connectivity index (χ4n) is 2.25. The molecule has 9 heteroatoms. The first-order valence-electron chi connectivity index (χ1n) is 6.55. The summed E-state index contributed by atoms with van der Waals surface area (Å²) in [7, 11) is 0. The van der Waals surface area contributed by atoms with Crippen molar-refractivity contribution in [2.24, 2.45) is 5.92 Å². The zero-order chi connectivity index (χ0) is 16.4. The molecule has 5 nitrogen and oxygen atoms in total. The second-order valence-electron chi connectivity index (χ2n) is 5.04. The van der Waals surface area contributed by atoms with Gasteiger partial charge in [-0.15, -0.1) is 0 Å². The summed E-state index contributed by atoms with van der Waals surface area (Å²) in [6, 6.07) is 1.34. The summed E-state index contributed by atoms with van der Waals surface area (Å²) < 4.78 is 39.0. The van der Waals surface area contributed by atoms with Gasteiger partial charge >= 0.3 is 0 Å². The second kappa shape index (κ2) is 7.49. The van der Waals surface area contributed by atoms with Gasteiger partial charge in [0.25, 0.3) is 5.91 Å². The molecule has 1 aliphatic rings. The number of Topliss-reactive ketones (excluding diaryl/α,β-unsaturated/α-hetero) is 1. The van der Waals surface area contributed by atoms with Crippen molar-refractivity contribution in [3.05, 3.63) is 29.6 Å². The normalized spacial score (nSPS) is 16.7. The lowest BCUT2D eigenvalue weighted by Gasteiger charge is -2.14. The molecule has 1 aromatic carbocycles. The SMILES string of the molecule is CC(=O)C(=O)N1CC[C@H](C(=O)Nc2cc(F)c(F)c(F)c2)C1.S. The van der Waals surface area contributed by atoms with Gasteiger partial charge in [-0.25, -0.2) is 13.2 Å². The van der Waals surface area contributed by atoms with E-state index in [1.165, 1.54) is 4.90 Å². The number of benzene rings is 1. The monoisotopic (exact) mass is 348 g/mol. The topological polar surface area (TPSA) is 66.5 Å². The van der Waals surface area contributed by atoms with Gasteiger partial charge in [0.05, 0.1) is 5.92 Å². The molecule has 126 valence electrons. The van der Waals surface area contributed by atoms with E-state index < -0.39 is 41.0 Å². The number of likely N-dealkylation sites (tertiary alicyclic amines) is 1. The van der Waals surface area contributed by atoms with Crippen molar-refractivity contribution in [2.75, 3.05) is 18.4 Å². The number of carbonyl (C=O) groups is 3. The molecule has 0 saturated carbocycles. The highest BCUT2D eigenvalue weighted by molar-refractivity contribution is 7.59. The molecule has 1 fully saturated rings. The molecule has 0 radical (unpaired) electrons. The van der Waals surface area contributed by atoms with Crippen LogP contribution < -0.4 is 5.32 Å². The predicted molar refractivity (Wildman–Crippen MR) is 80.7 cm³/mol. The Morgan fingerprint density at radius 1 is 1.17 bits per heavy atom. The summed E-state index contributed by atoms with van der Waals surface area (Å²) in [5, 5.41) is 2.27. The van der Waals surface area contributed by atoms with E-state index in [1.54, 1.807) is 0 Å². The Balaban J connectivity index is 0.00000264. The highest BCUT2D eigenvalue weighted by Gasteiger charge is 2.32. The van der Waals surface area contributed by atoms with Crippen LogP contribution in [0.2, 0.25) is 0 Å². The molecular formula is C14H15F3N2O3S.